The van der Waals surface area contributed by atoms with Gasteiger partial charge >= 0.3 is 0 Å². The quantitative estimate of drug-likeness (QED) is 0.365. The lowest BCUT2D eigenvalue weighted by Crippen LogP contribution is -2.46. The van der Waals surface area contributed by atoms with E-state index in [9.17, 15) is 18.8 Å². The summed E-state index contributed by atoms with van der Waals surface area (Å²) in [5.41, 5.74) is 6.05. The average Bonchev–Trinajstić information content (AvgIpc) is 3.58. The molecule has 182 valence electrons. The van der Waals surface area contributed by atoms with Crippen LogP contribution in [0.1, 0.15) is 51.6 Å². The molecule has 1 aliphatic carbocycles. The SMILES string of the molecule is CC(Oc1ccc(C(=O)C2CC2)nc1)c1cc(-c2ccc(C(=O)N[C@@H](CO)C(N)=O)cc2F)ns1. The molecular weight excluding hydrogens is 475 g/mol. The number of primary amides is 1. The number of nitrogens with zero attached hydrogens (tertiary/aromatic N) is 2. The number of carbonyl (C=O) groups is 3. The molecule has 1 fully saturated rings. The number of carbonyl (C=O) groups excluding carboxylic acids is 3. The number of amides is 2. The van der Waals surface area contributed by atoms with Crippen LogP contribution in [0.25, 0.3) is 11.3 Å². The Labute approximate surface area is 204 Å². The number of pyridine rings is 1. The maximum absolute atomic E-state index is 14.8. The van der Waals surface area contributed by atoms with Crippen LogP contribution >= 0.6 is 11.5 Å². The van der Waals surface area contributed by atoms with E-state index >= 15 is 0 Å². The standard InChI is InChI=1S/C24H23FN4O5S/c1-12(34-15-5-7-18(27-10-15)22(31)13-2-3-13)21-9-19(29-35-21)16-6-4-14(8-17(16)25)24(33)28-20(11-30)23(26)32/h4-10,12-13,20,30H,2-3,11H2,1H3,(H2,26,32)(H,28,33)/t12?,20-/m0/s1. The zero-order valence-electron chi connectivity index (χ0n) is 18.7. The fourth-order valence-electron chi connectivity index (χ4n) is 3.33. The number of rotatable bonds is 10. The van der Waals surface area contributed by atoms with Crippen LogP contribution in [0.15, 0.2) is 42.6 Å². The topological polar surface area (TPSA) is 144 Å². The van der Waals surface area contributed by atoms with E-state index in [0.29, 0.717) is 17.1 Å². The molecule has 1 aliphatic rings. The highest BCUT2D eigenvalue weighted by molar-refractivity contribution is 7.06. The first-order valence-corrected chi connectivity index (χ1v) is 11.7. The van der Waals surface area contributed by atoms with Gasteiger partial charge in [-0.15, -0.1) is 0 Å². The van der Waals surface area contributed by atoms with E-state index in [1.54, 1.807) is 18.2 Å². The first kappa shape index (κ1) is 24.4. The molecule has 2 amide bonds. The van der Waals surface area contributed by atoms with Crippen molar-refractivity contribution < 1.29 is 28.6 Å². The molecule has 0 radical (unpaired) electrons. The summed E-state index contributed by atoms with van der Waals surface area (Å²) in [7, 11) is 0. The number of aromatic nitrogens is 2. The lowest BCUT2D eigenvalue weighted by atomic mass is 10.1. The number of hydrogen-bond donors (Lipinski definition) is 3. The Kier molecular flexibility index (Phi) is 7.17. The van der Waals surface area contributed by atoms with Crippen molar-refractivity contribution in [1.29, 1.82) is 0 Å². The van der Waals surface area contributed by atoms with Crippen LogP contribution in [0.3, 0.4) is 0 Å². The molecule has 2 heterocycles. The van der Waals surface area contributed by atoms with E-state index in [1.165, 1.54) is 18.3 Å². The molecular formula is C24H23FN4O5S. The van der Waals surface area contributed by atoms with E-state index in [2.05, 4.69) is 14.7 Å². The number of benzene rings is 1. The second-order valence-electron chi connectivity index (χ2n) is 8.20. The van der Waals surface area contributed by atoms with Crippen LogP contribution in [0, 0.1) is 11.7 Å². The first-order valence-electron chi connectivity index (χ1n) is 10.9. The lowest BCUT2D eigenvalue weighted by Gasteiger charge is -2.13. The van der Waals surface area contributed by atoms with Gasteiger partial charge < -0.3 is 20.9 Å². The van der Waals surface area contributed by atoms with Crippen LogP contribution in [0.5, 0.6) is 5.75 Å². The Hall–Kier alpha value is -3.70. The fourth-order valence-corrected chi connectivity index (χ4v) is 4.05. The largest absolute Gasteiger partial charge is 0.484 e. The summed E-state index contributed by atoms with van der Waals surface area (Å²) in [5, 5.41) is 11.4. The normalized spacial score (nSPS) is 14.7. The minimum atomic E-state index is -1.27. The van der Waals surface area contributed by atoms with Crippen molar-refractivity contribution in [2.45, 2.75) is 31.9 Å². The molecule has 4 rings (SSSR count). The number of nitrogens with one attached hydrogen (secondary N) is 1. The van der Waals surface area contributed by atoms with Crippen molar-refractivity contribution in [2.75, 3.05) is 6.61 Å². The van der Waals surface area contributed by atoms with Crippen molar-refractivity contribution in [3.05, 3.63) is 64.5 Å². The number of Topliss-reactive ketones (excluding diaryl/α,β-unsaturated/α-hetero) is 1. The molecule has 3 aromatic rings. The Morgan fingerprint density at radius 1 is 1.26 bits per heavy atom. The van der Waals surface area contributed by atoms with E-state index in [4.69, 9.17) is 15.6 Å². The molecule has 0 saturated heterocycles. The highest BCUT2D eigenvalue weighted by Gasteiger charge is 2.31. The van der Waals surface area contributed by atoms with Crippen molar-refractivity contribution in [1.82, 2.24) is 14.7 Å². The van der Waals surface area contributed by atoms with Crippen molar-refractivity contribution in [2.24, 2.45) is 11.7 Å². The maximum Gasteiger partial charge on any atom is 0.252 e. The Morgan fingerprint density at radius 3 is 2.63 bits per heavy atom. The van der Waals surface area contributed by atoms with Crippen LogP contribution in [0.4, 0.5) is 4.39 Å². The summed E-state index contributed by atoms with van der Waals surface area (Å²) in [6.45, 7) is 1.16. The van der Waals surface area contributed by atoms with Gasteiger partial charge in [-0.3, -0.25) is 14.4 Å². The molecule has 35 heavy (non-hydrogen) atoms. The van der Waals surface area contributed by atoms with Gasteiger partial charge in [0.15, 0.2) is 5.78 Å². The minimum Gasteiger partial charge on any atom is -0.484 e. The second kappa shape index (κ2) is 10.3. The van der Waals surface area contributed by atoms with Gasteiger partial charge in [-0.2, -0.15) is 4.37 Å². The monoisotopic (exact) mass is 498 g/mol. The molecule has 0 aliphatic heterocycles. The third-order valence-corrected chi connectivity index (χ3v) is 6.47. The molecule has 1 aromatic carbocycles. The smallest absolute Gasteiger partial charge is 0.252 e. The van der Waals surface area contributed by atoms with Crippen LogP contribution in [0.2, 0.25) is 0 Å². The van der Waals surface area contributed by atoms with Gasteiger partial charge in [-0.25, -0.2) is 9.37 Å². The number of nitrogens with two attached hydrogens (primary N) is 1. The number of hydrogen-bond acceptors (Lipinski definition) is 8. The van der Waals surface area contributed by atoms with Gasteiger partial charge in [0, 0.05) is 17.0 Å². The molecule has 1 unspecified atom stereocenters. The van der Waals surface area contributed by atoms with Gasteiger partial charge in [0.2, 0.25) is 5.91 Å². The van der Waals surface area contributed by atoms with Gasteiger partial charge in [-0.1, -0.05) is 0 Å². The summed E-state index contributed by atoms with van der Waals surface area (Å²) in [4.78, 5) is 40.4. The predicted octanol–water partition coefficient (Wildman–Crippen LogP) is 2.65. The summed E-state index contributed by atoms with van der Waals surface area (Å²) < 4.78 is 25.0. The molecule has 2 atom stereocenters. The number of aliphatic hydroxyl groups is 1. The first-order chi connectivity index (χ1) is 16.8. The van der Waals surface area contributed by atoms with Crippen molar-refractivity contribution in [3.8, 4) is 17.0 Å². The predicted molar refractivity (Wildman–Crippen MR) is 125 cm³/mol. The Balaban J connectivity index is 1.42. The number of aliphatic hydroxyl groups excluding tert-OH is 1. The number of ketones is 1. The van der Waals surface area contributed by atoms with E-state index in [-0.39, 0.29) is 22.8 Å². The molecule has 0 spiro atoms. The third kappa shape index (κ3) is 5.69. The van der Waals surface area contributed by atoms with Crippen LogP contribution < -0.4 is 15.8 Å². The van der Waals surface area contributed by atoms with E-state index in [0.717, 1.165) is 35.3 Å². The van der Waals surface area contributed by atoms with Gasteiger partial charge in [0.05, 0.1) is 23.4 Å². The van der Waals surface area contributed by atoms with Crippen LogP contribution in [-0.4, -0.2) is 44.7 Å². The van der Waals surface area contributed by atoms with Gasteiger partial charge in [0.1, 0.15) is 29.4 Å². The van der Waals surface area contributed by atoms with Crippen molar-refractivity contribution >= 4 is 29.1 Å². The molecule has 11 heteroatoms. The van der Waals surface area contributed by atoms with Gasteiger partial charge in [0.25, 0.3) is 5.91 Å². The highest BCUT2D eigenvalue weighted by atomic mass is 32.1. The second-order valence-corrected chi connectivity index (χ2v) is 9.03. The summed E-state index contributed by atoms with van der Waals surface area (Å²) in [5.74, 6) is -1.67. The number of halogens is 1. The summed E-state index contributed by atoms with van der Waals surface area (Å²) in [6, 6.07) is 7.60. The van der Waals surface area contributed by atoms with Crippen LogP contribution in [-0.2, 0) is 4.79 Å². The fraction of sp³-hybridized carbons (Fsp3) is 0.292. The Bertz CT molecular complexity index is 1260. The summed E-state index contributed by atoms with van der Waals surface area (Å²) >= 11 is 1.15. The zero-order chi connectivity index (χ0) is 25.1. The molecule has 1 saturated carbocycles. The molecule has 0 bridgehead atoms. The number of ether oxygens (including phenoxy) is 1. The Morgan fingerprint density at radius 2 is 2.03 bits per heavy atom. The van der Waals surface area contributed by atoms with Gasteiger partial charge in [-0.05, 0) is 67.7 Å². The van der Waals surface area contributed by atoms with E-state index in [1.807, 2.05) is 6.92 Å². The van der Waals surface area contributed by atoms with E-state index < -0.39 is 36.4 Å². The highest BCUT2D eigenvalue weighted by Crippen LogP contribution is 2.33. The third-order valence-electron chi connectivity index (χ3n) is 5.52. The lowest BCUT2D eigenvalue weighted by molar-refractivity contribution is -0.120. The molecule has 2 aromatic heterocycles. The maximum atomic E-state index is 14.8. The molecule has 4 N–H and O–H groups in total. The summed E-state index contributed by atoms with van der Waals surface area (Å²) in [6.07, 6.45) is 2.95. The zero-order valence-corrected chi connectivity index (χ0v) is 19.5. The van der Waals surface area contributed by atoms with Crippen molar-refractivity contribution in [3.63, 3.8) is 0 Å². The average molecular weight is 499 g/mol. The molecule has 9 nitrogen and oxygen atoms in total. The minimum absolute atomic E-state index is 0.0331.